The van der Waals surface area contributed by atoms with E-state index in [-0.39, 0.29) is 25.6 Å². The maximum Gasteiger partial charge on any atom is 0.309 e. The number of benzene rings is 2. The predicted molar refractivity (Wildman–Crippen MR) is 149 cm³/mol. The van der Waals surface area contributed by atoms with Crippen LogP contribution in [0, 0.1) is 5.41 Å². The zero-order chi connectivity index (χ0) is 28.7. The molecule has 0 bridgehead atoms. The van der Waals surface area contributed by atoms with Gasteiger partial charge in [0.2, 0.25) is 0 Å². The third-order valence-corrected chi connectivity index (χ3v) is 6.01. The van der Waals surface area contributed by atoms with E-state index >= 15 is 0 Å². The summed E-state index contributed by atoms with van der Waals surface area (Å²) in [7, 11) is 0. The second-order valence-corrected chi connectivity index (χ2v) is 10.4. The normalized spacial score (nSPS) is 13.7. The van der Waals surface area contributed by atoms with Crippen molar-refractivity contribution in [3.63, 3.8) is 0 Å². The third kappa shape index (κ3) is 12.4. The fourth-order valence-corrected chi connectivity index (χ4v) is 3.70. The monoisotopic (exact) mass is 541 g/mol. The van der Waals surface area contributed by atoms with E-state index < -0.39 is 35.5 Å². The summed E-state index contributed by atoms with van der Waals surface area (Å²) in [6.07, 6.45) is -1.12. The Hall–Kier alpha value is -3.23. The molecule has 2 rings (SSSR count). The van der Waals surface area contributed by atoms with Crippen LogP contribution in [0.5, 0.6) is 0 Å². The van der Waals surface area contributed by atoms with Gasteiger partial charge in [0.15, 0.2) is 6.10 Å². The first kappa shape index (κ1) is 32.0. The summed E-state index contributed by atoms with van der Waals surface area (Å²) >= 11 is 0. The molecule has 2 aromatic rings. The Morgan fingerprint density at radius 3 is 1.77 bits per heavy atom. The second-order valence-electron chi connectivity index (χ2n) is 10.4. The van der Waals surface area contributed by atoms with Crippen LogP contribution in [0.1, 0.15) is 65.0 Å². The highest BCUT2D eigenvalue weighted by molar-refractivity contribution is 5.84. The van der Waals surface area contributed by atoms with E-state index in [2.05, 4.69) is 5.32 Å². The van der Waals surface area contributed by atoms with Gasteiger partial charge in [-0.05, 0) is 31.4 Å². The number of nitrogens with one attached hydrogen (secondary N) is 1. The predicted octanol–water partition coefficient (Wildman–Crippen LogP) is 4.98. The molecule has 0 saturated carbocycles. The molecule has 8 nitrogen and oxygen atoms in total. The lowest BCUT2D eigenvalue weighted by atomic mass is 9.86. The molecule has 0 spiro atoms. The molecule has 1 amide bonds. The molecule has 214 valence electrons. The molecule has 0 aliphatic heterocycles. The van der Waals surface area contributed by atoms with Crippen molar-refractivity contribution < 1.29 is 33.3 Å². The third-order valence-electron chi connectivity index (χ3n) is 6.01. The average Bonchev–Trinajstić information content (AvgIpc) is 2.92. The van der Waals surface area contributed by atoms with Crippen LogP contribution in [0.3, 0.4) is 0 Å². The van der Waals surface area contributed by atoms with Gasteiger partial charge in [0.25, 0.3) is 5.91 Å². The van der Waals surface area contributed by atoms with Crippen LogP contribution < -0.4 is 5.32 Å². The van der Waals surface area contributed by atoms with Gasteiger partial charge >= 0.3 is 11.9 Å². The first-order chi connectivity index (χ1) is 18.6. The Morgan fingerprint density at radius 1 is 0.795 bits per heavy atom. The summed E-state index contributed by atoms with van der Waals surface area (Å²) < 4.78 is 22.7. The van der Waals surface area contributed by atoms with Gasteiger partial charge in [-0.1, -0.05) is 81.4 Å². The number of amides is 1. The smallest absolute Gasteiger partial charge is 0.309 e. The molecule has 0 fully saturated rings. The lowest BCUT2D eigenvalue weighted by Gasteiger charge is -2.32. The fourth-order valence-electron chi connectivity index (χ4n) is 3.70. The van der Waals surface area contributed by atoms with Crippen molar-refractivity contribution in [2.45, 2.75) is 85.4 Å². The first-order valence-corrected chi connectivity index (χ1v) is 13.5. The summed E-state index contributed by atoms with van der Waals surface area (Å²) in [4.78, 5) is 38.2. The molecule has 8 heteroatoms. The largest absolute Gasteiger partial charge is 0.465 e. The number of carbonyl (C=O) groups is 3. The van der Waals surface area contributed by atoms with Gasteiger partial charge in [-0.15, -0.1) is 0 Å². The molecular formula is C31H43NO7. The summed E-state index contributed by atoms with van der Waals surface area (Å²) in [5.74, 6) is -1.44. The number of hydrogen-bond donors (Lipinski definition) is 1. The van der Waals surface area contributed by atoms with Crippen molar-refractivity contribution in [2.75, 3.05) is 13.2 Å². The molecular weight excluding hydrogens is 498 g/mol. The maximum absolute atomic E-state index is 12.9. The van der Waals surface area contributed by atoms with Crippen LogP contribution in [0.2, 0.25) is 0 Å². The molecule has 0 aliphatic rings. The van der Waals surface area contributed by atoms with E-state index in [1.807, 2.05) is 67.6 Å². The van der Waals surface area contributed by atoms with E-state index in [4.69, 9.17) is 18.9 Å². The molecule has 0 aliphatic carbocycles. The molecule has 0 saturated heterocycles. The van der Waals surface area contributed by atoms with Gasteiger partial charge in [0.1, 0.15) is 6.61 Å². The van der Waals surface area contributed by atoms with Crippen molar-refractivity contribution in [3.8, 4) is 0 Å². The van der Waals surface area contributed by atoms with Crippen molar-refractivity contribution in [1.82, 2.24) is 5.32 Å². The molecule has 0 aromatic heterocycles. The van der Waals surface area contributed by atoms with Crippen LogP contribution in [-0.2, 0) is 46.5 Å². The number of carbonyl (C=O) groups excluding carboxylic acids is 3. The lowest BCUT2D eigenvalue weighted by molar-refractivity contribution is -0.171. The number of hydrogen-bond acceptors (Lipinski definition) is 7. The van der Waals surface area contributed by atoms with E-state index in [0.717, 1.165) is 17.5 Å². The molecule has 0 radical (unpaired) electrons. The van der Waals surface area contributed by atoms with Crippen LogP contribution >= 0.6 is 0 Å². The van der Waals surface area contributed by atoms with Crippen molar-refractivity contribution in [3.05, 3.63) is 71.8 Å². The van der Waals surface area contributed by atoms with Gasteiger partial charge < -0.3 is 24.3 Å². The van der Waals surface area contributed by atoms with E-state index in [0.29, 0.717) is 19.8 Å². The molecule has 1 N–H and O–H groups in total. The Morgan fingerprint density at radius 2 is 1.28 bits per heavy atom. The minimum atomic E-state index is -1.14. The zero-order valence-electron chi connectivity index (χ0n) is 23.8. The highest BCUT2D eigenvalue weighted by atomic mass is 16.6. The minimum absolute atomic E-state index is 0.0173. The summed E-state index contributed by atoms with van der Waals surface area (Å²) in [5.41, 5.74) is 1.05. The van der Waals surface area contributed by atoms with Crippen LogP contribution in [0.25, 0.3) is 0 Å². The van der Waals surface area contributed by atoms with Crippen molar-refractivity contribution in [1.29, 1.82) is 0 Å². The molecule has 39 heavy (non-hydrogen) atoms. The van der Waals surface area contributed by atoms with E-state index in [1.165, 1.54) is 0 Å². The van der Waals surface area contributed by atoms with Crippen LogP contribution in [0.15, 0.2) is 60.7 Å². The maximum atomic E-state index is 12.9. The Bertz CT molecular complexity index is 1010. The second kappa shape index (κ2) is 16.7. The Kier molecular flexibility index (Phi) is 13.7. The van der Waals surface area contributed by atoms with Crippen molar-refractivity contribution in [2.24, 2.45) is 5.41 Å². The number of rotatable bonds is 17. The standard InChI is InChI=1S/C31H43NO7/c1-6-17-32-30(35)29(39-28(34)19-24(3)37-21-26-15-11-8-12-16-26)31(4,5)22-38-27(33)18-23(2)36-20-25-13-9-7-10-14-25/h7-16,23-24,29H,6,17-22H2,1-5H3,(H,32,35)/t23-,24-,29+/m1/s1. The van der Waals surface area contributed by atoms with Gasteiger partial charge in [-0.25, -0.2) is 0 Å². The lowest BCUT2D eigenvalue weighted by Crippen LogP contribution is -2.49. The molecule has 3 atom stereocenters. The van der Waals surface area contributed by atoms with Gasteiger partial charge in [-0.3, -0.25) is 14.4 Å². The Labute approximate surface area is 232 Å². The van der Waals surface area contributed by atoms with Crippen LogP contribution in [0.4, 0.5) is 0 Å². The van der Waals surface area contributed by atoms with Gasteiger partial charge in [-0.2, -0.15) is 0 Å². The zero-order valence-corrected chi connectivity index (χ0v) is 23.8. The van der Waals surface area contributed by atoms with Gasteiger partial charge in [0, 0.05) is 12.0 Å². The quantitative estimate of drug-likeness (QED) is 0.282. The number of esters is 2. The number of ether oxygens (including phenoxy) is 4. The highest BCUT2D eigenvalue weighted by Gasteiger charge is 2.40. The Balaban J connectivity index is 1.89. The first-order valence-electron chi connectivity index (χ1n) is 13.5. The SMILES string of the molecule is CCCNC(=O)[C@H](OC(=O)C[C@@H](C)OCc1ccccc1)C(C)(C)COC(=O)C[C@@H](C)OCc1ccccc1. The highest BCUT2D eigenvalue weighted by Crippen LogP contribution is 2.26. The van der Waals surface area contributed by atoms with Crippen LogP contribution in [-0.4, -0.2) is 49.3 Å². The molecule has 2 aromatic carbocycles. The van der Waals surface area contributed by atoms with E-state index in [9.17, 15) is 14.4 Å². The summed E-state index contributed by atoms with van der Waals surface area (Å²) in [5, 5.41) is 2.79. The van der Waals surface area contributed by atoms with E-state index in [1.54, 1.807) is 27.7 Å². The fraction of sp³-hybridized carbons (Fsp3) is 0.516. The van der Waals surface area contributed by atoms with Crippen molar-refractivity contribution >= 4 is 17.8 Å². The summed E-state index contributed by atoms with van der Waals surface area (Å²) in [6.45, 7) is 10.1. The topological polar surface area (TPSA) is 100 Å². The molecule has 0 unspecified atom stereocenters. The summed E-state index contributed by atoms with van der Waals surface area (Å²) in [6, 6.07) is 19.3. The van der Waals surface area contributed by atoms with Gasteiger partial charge in [0.05, 0.1) is 38.3 Å². The minimum Gasteiger partial charge on any atom is -0.465 e. The average molecular weight is 542 g/mol. The molecule has 0 heterocycles.